The number of non-ortho nitro benzene ring substituents is 1. The Labute approximate surface area is 115 Å². The van der Waals surface area contributed by atoms with Gasteiger partial charge in [-0.3, -0.25) is 15.1 Å². The molecule has 20 heavy (non-hydrogen) atoms. The molecule has 6 heteroatoms. The summed E-state index contributed by atoms with van der Waals surface area (Å²) in [6, 6.07) is 4.78. The minimum Gasteiger partial charge on any atom is -0.439 e. The summed E-state index contributed by atoms with van der Waals surface area (Å²) in [6.07, 6.45) is 1.63. The molecule has 0 fully saturated rings. The van der Waals surface area contributed by atoms with Gasteiger partial charge in [0.1, 0.15) is 5.71 Å². The quantitative estimate of drug-likeness (QED) is 0.634. The Morgan fingerprint density at radius 1 is 1.40 bits per heavy atom. The van der Waals surface area contributed by atoms with Crippen LogP contribution in [0.4, 0.5) is 5.69 Å². The van der Waals surface area contributed by atoms with Gasteiger partial charge in [-0.05, 0) is 11.6 Å². The summed E-state index contributed by atoms with van der Waals surface area (Å²) in [5, 5.41) is 10.9. The Hall–Kier alpha value is -2.50. The first-order valence-corrected chi connectivity index (χ1v) is 6.34. The van der Waals surface area contributed by atoms with Crippen LogP contribution in [0.3, 0.4) is 0 Å². The van der Waals surface area contributed by atoms with Crippen molar-refractivity contribution in [2.75, 3.05) is 0 Å². The zero-order chi connectivity index (χ0) is 14.3. The maximum absolute atomic E-state index is 10.9. The molecule has 0 unspecified atom stereocenters. The van der Waals surface area contributed by atoms with E-state index in [-0.39, 0.29) is 11.6 Å². The van der Waals surface area contributed by atoms with Gasteiger partial charge >= 0.3 is 0 Å². The number of benzene rings is 1. The standard InChI is InChI=1S/C14H13N3O3/c1-8(2)14-16-7-12(20-14)13-11-5-10(17(18)19)4-3-9(11)6-15-13/h3-5,7-8H,6H2,1-2H3. The maximum atomic E-state index is 10.9. The molecule has 0 aliphatic carbocycles. The Morgan fingerprint density at radius 3 is 2.85 bits per heavy atom. The Bertz CT molecular complexity index is 716. The number of hydrogen-bond acceptors (Lipinski definition) is 5. The van der Waals surface area contributed by atoms with Gasteiger partial charge < -0.3 is 4.42 Å². The van der Waals surface area contributed by atoms with Gasteiger partial charge in [0.25, 0.3) is 5.69 Å². The summed E-state index contributed by atoms with van der Waals surface area (Å²) < 4.78 is 5.67. The lowest BCUT2D eigenvalue weighted by Crippen LogP contribution is -2.00. The van der Waals surface area contributed by atoms with Gasteiger partial charge in [-0.2, -0.15) is 0 Å². The summed E-state index contributed by atoms with van der Waals surface area (Å²) in [6.45, 7) is 4.50. The van der Waals surface area contributed by atoms with E-state index in [1.54, 1.807) is 18.3 Å². The fourth-order valence-corrected chi connectivity index (χ4v) is 2.16. The molecule has 2 aromatic rings. The summed E-state index contributed by atoms with van der Waals surface area (Å²) in [5.74, 6) is 1.39. The second kappa shape index (κ2) is 4.56. The average Bonchev–Trinajstić information content (AvgIpc) is 3.03. The highest BCUT2D eigenvalue weighted by Gasteiger charge is 2.23. The molecule has 102 valence electrons. The third-order valence-electron chi connectivity index (χ3n) is 3.22. The third-order valence-corrected chi connectivity index (χ3v) is 3.22. The first-order chi connectivity index (χ1) is 9.56. The molecule has 0 radical (unpaired) electrons. The summed E-state index contributed by atoms with van der Waals surface area (Å²) in [4.78, 5) is 19.1. The molecular weight excluding hydrogens is 258 g/mol. The highest BCUT2D eigenvalue weighted by molar-refractivity contribution is 6.13. The lowest BCUT2D eigenvalue weighted by Gasteiger charge is -2.01. The summed E-state index contributed by atoms with van der Waals surface area (Å²) >= 11 is 0. The molecule has 0 saturated carbocycles. The molecule has 0 amide bonds. The van der Waals surface area contributed by atoms with E-state index in [1.807, 2.05) is 13.8 Å². The maximum Gasteiger partial charge on any atom is 0.270 e. The molecule has 0 bridgehead atoms. The predicted octanol–water partition coefficient (Wildman–Crippen LogP) is 3.06. The SMILES string of the molecule is CC(C)c1ncc(C2=NCc3ccc([N+](=O)[O-])cc32)o1. The van der Waals surface area contributed by atoms with Crippen molar-refractivity contribution in [3.8, 4) is 0 Å². The van der Waals surface area contributed by atoms with Gasteiger partial charge in [0, 0.05) is 23.6 Å². The van der Waals surface area contributed by atoms with Crippen molar-refractivity contribution < 1.29 is 9.34 Å². The first kappa shape index (κ1) is 12.5. The third kappa shape index (κ3) is 1.99. The van der Waals surface area contributed by atoms with Gasteiger partial charge in [-0.25, -0.2) is 4.98 Å². The van der Waals surface area contributed by atoms with Crippen LogP contribution in [0.1, 0.15) is 42.5 Å². The van der Waals surface area contributed by atoms with E-state index in [0.717, 1.165) is 11.1 Å². The lowest BCUT2D eigenvalue weighted by atomic mass is 10.0. The van der Waals surface area contributed by atoms with Crippen LogP contribution in [0.5, 0.6) is 0 Å². The number of rotatable bonds is 3. The minimum atomic E-state index is -0.407. The van der Waals surface area contributed by atoms with Crippen molar-refractivity contribution in [1.82, 2.24) is 4.98 Å². The molecule has 2 heterocycles. The van der Waals surface area contributed by atoms with Gasteiger partial charge in [-0.1, -0.05) is 13.8 Å². The lowest BCUT2D eigenvalue weighted by molar-refractivity contribution is -0.384. The molecule has 0 N–H and O–H groups in total. The van der Waals surface area contributed by atoms with Crippen LogP contribution >= 0.6 is 0 Å². The van der Waals surface area contributed by atoms with Crippen molar-refractivity contribution in [3.05, 3.63) is 57.3 Å². The smallest absolute Gasteiger partial charge is 0.270 e. The topological polar surface area (TPSA) is 81.5 Å². The van der Waals surface area contributed by atoms with Crippen LogP contribution in [0, 0.1) is 10.1 Å². The van der Waals surface area contributed by atoms with Crippen molar-refractivity contribution in [2.45, 2.75) is 26.3 Å². The number of aliphatic imine (C=N–C) groups is 1. The monoisotopic (exact) mass is 271 g/mol. The van der Waals surface area contributed by atoms with Gasteiger partial charge in [0.15, 0.2) is 11.7 Å². The number of nitrogens with zero attached hydrogens (tertiary/aromatic N) is 3. The first-order valence-electron chi connectivity index (χ1n) is 6.34. The second-order valence-electron chi connectivity index (χ2n) is 4.98. The number of hydrogen-bond donors (Lipinski definition) is 0. The normalized spacial score (nSPS) is 13.4. The fraction of sp³-hybridized carbons (Fsp3) is 0.286. The van der Waals surface area contributed by atoms with Crippen molar-refractivity contribution in [3.63, 3.8) is 0 Å². The molecule has 1 aromatic carbocycles. The van der Waals surface area contributed by atoms with Crippen molar-refractivity contribution >= 4 is 11.4 Å². The Balaban J connectivity index is 2.02. The number of aromatic nitrogens is 1. The van der Waals surface area contributed by atoms with Gasteiger partial charge in [-0.15, -0.1) is 0 Å². The van der Waals surface area contributed by atoms with Gasteiger partial charge in [0.05, 0.1) is 17.7 Å². The molecular formula is C14H13N3O3. The number of fused-ring (bicyclic) bond motifs is 1. The van der Waals surface area contributed by atoms with E-state index in [9.17, 15) is 10.1 Å². The zero-order valence-electron chi connectivity index (χ0n) is 11.2. The molecule has 1 aliphatic rings. The van der Waals surface area contributed by atoms with E-state index in [0.29, 0.717) is 23.9 Å². The highest BCUT2D eigenvalue weighted by atomic mass is 16.6. The molecule has 1 aliphatic heterocycles. The molecule has 6 nitrogen and oxygen atoms in total. The van der Waals surface area contributed by atoms with Crippen LogP contribution in [0.15, 0.2) is 33.8 Å². The van der Waals surface area contributed by atoms with E-state index in [2.05, 4.69) is 9.98 Å². The number of nitro groups is 1. The van der Waals surface area contributed by atoms with E-state index in [1.165, 1.54) is 6.07 Å². The summed E-state index contributed by atoms with van der Waals surface area (Å²) in [5.41, 5.74) is 2.42. The van der Waals surface area contributed by atoms with Crippen molar-refractivity contribution in [2.24, 2.45) is 4.99 Å². The largest absolute Gasteiger partial charge is 0.439 e. The van der Waals surface area contributed by atoms with Crippen LogP contribution in [0.2, 0.25) is 0 Å². The van der Waals surface area contributed by atoms with Crippen LogP contribution in [-0.4, -0.2) is 15.6 Å². The van der Waals surface area contributed by atoms with Crippen molar-refractivity contribution in [1.29, 1.82) is 0 Å². The second-order valence-corrected chi connectivity index (χ2v) is 4.98. The summed E-state index contributed by atoms with van der Waals surface area (Å²) in [7, 11) is 0. The van der Waals surface area contributed by atoms with Crippen LogP contribution in [-0.2, 0) is 6.54 Å². The highest BCUT2D eigenvalue weighted by Crippen LogP contribution is 2.28. The van der Waals surface area contributed by atoms with Crippen LogP contribution in [0.25, 0.3) is 0 Å². The van der Waals surface area contributed by atoms with Crippen LogP contribution < -0.4 is 0 Å². The Kier molecular flexibility index (Phi) is 2.85. The number of oxazole rings is 1. The Morgan fingerprint density at radius 2 is 2.20 bits per heavy atom. The van der Waals surface area contributed by atoms with E-state index in [4.69, 9.17) is 4.42 Å². The molecule has 0 spiro atoms. The molecule has 0 atom stereocenters. The fourth-order valence-electron chi connectivity index (χ4n) is 2.16. The molecule has 3 rings (SSSR count). The zero-order valence-corrected chi connectivity index (χ0v) is 11.2. The average molecular weight is 271 g/mol. The predicted molar refractivity (Wildman–Crippen MR) is 73.0 cm³/mol. The minimum absolute atomic E-state index is 0.0574. The molecule has 0 saturated heterocycles. The van der Waals surface area contributed by atoms with Gasteiger partial charge in [0.2, 0.25) is 0 Å². The number of nitro benzene ring substituents is 1. The van der Waals surface area contributed by atoms with E-state index < -0.39 is 4.92 Å². The molecule has 1 aromatic heterocycles. The van der Waals surface area contributed by atoms with E-state index >= 15 is 0 Å².